The minimum atomic E-state index is -0.335. The van der Waals surface area contributed by atoms with Crippen molar-refractivity contribution in [3.8, 4) is 0 Å². The summed E-state index contributed by atoms with van der Waals surface area (Å²) < 4.78 is 0. The van der Waals surface area contributed by atoms with Crippen LogP contribution in [0, 0.1) is 0 Å². The summed E-state index contributed by atoms with van der Waals surface area (Å²) >= 11 is 0. The number of hydrogen-bond acceptors (Lipinski definition) is 2. The van der Waals surface area contributed by atoms with Crippen molar-refractivity contribution in [3.63, 3.8) is 0 Å². The SMILES string of the molecule is CCCCCCCC(=O)NNC(=O)C=Cc1ccccc1. The van der Waals surface area contributed by atoms with Crippen LogP contribution in [0.3, 0.4) is 0 Å². The van der Waals surface area contributed by atoms with Gasteiger partial charge in [0.05, 0.1) is 0 Å². The van der Waals surface area contributed by atoms with Gasteiger partial charge in [0.25, 0.3) is 5.91 Å². The third kappa shape index (κ3) is 8.63. The van der Waals surface area contributed by atoms with Crippen LogP contribution in [-0.4, -0.2) is 11.8 Å². The predicted octanol–water partition coefficient (Wildman–Crippen LogP) is 3.21. The molecule has 21 heavy (non-hydrogen) atoms. The number of unbranched alkanes of at least 4 members (excludes halogenated alkanes) is 4. The number of benzene rings is 1. The number of amides is 2. The third-order valence-electron chi connectivity index (χ3n) is 3.06. The number of rotatable bonds is 8. The summed E-state index contributed by atoms with van der Waals surface area (Å²) in [6.45, 7) is 2.16. The van der Waals surface area contributed by atoms with E-state index in [4.69, 9.17) is 0 Å². The van der Waals surface area contributed by atoms with Crippen LogP contribution in [-0.2, 0) is 9.59 Å². The Morgan fingerprint density at radius 1 is 1.00 bits per heavy atom. The Kier molecular flexibility index (Phi) is 8.61. The van der Waals surface area contributed by atoms with Crippen molar-refractivity contribution in [1.29, 1.82) is 0 Å². The van der Waals surface area contributed by atoms with Gasteiger partial charge in [-0.05, 0) is 18.1 Å². The van der Waals surface area contributed by atoms with E-state index in [1.54, 1.807) is 6.08 Å². The van der Waals surface area contributed by atoms with Crippen molar-refractivity contribution >= 4 is 17.9 Å². The molecule has 114 valence electrons. The number of hydrazine groups is 1. The third-order valence-corrected chi connectivity index (χ3v) is 3.06. The maximum atomic E-state index is 11.5. The van der Waals surface area contributed by atoms with Crippen molar-refractivity contribution < 1.29 is 9.59 Å². The van der Waals surface area contributed by atoms with Gasteiger partial charge in [-0.25, -0.2) is 0 Å². The van der Waals surface area contributed by atoms with Gasteiger partial charge in [-0.15, -0.1) is 0 Å². The summed E-state index contributed by atoms with van der Waals surface area (Å²) in [5.74, 6) is -0.480. The summed E-state index contributed by atoms with van der Waals surface area (Å²) in [7, 11) is 0. The second-order valence-electron chi connectivity index (χ2n) is 4.95. The molecule has 0 aliphatic heterocycles. The largest absolute Gasteiger partial charge is 0.273 e. The fraction of sp³-hybridized carbons (Fsp3) is 0.412. The minimum absolute atomic E-state index is 0.145. The lowest BCUT2D eigenvalue weighted by atomic mass is 10.1. The van der Waals surface area contributed by atoms with E-state index >= 15 is 0 Å². The summed E-state index contributed by atoms with van der Waals surface area (Å²) in [6.07, 6.45) is 9.04. The van der Waals surface area contributed by atoms with Crippen LogP contribution in [0.25, 0.3) is 6.08 Å². The average molecular weight is 288 g/mol. The molecule has 0 aliphatic carbocycles. The number of nitrogens with one attached hydrogen (secondary N) is 2. The lowest BCUT2D eigenvalue weighted by molar-refractivity contribution is -0.126. The highest BCUT2D eigenvalue weighted by molar-refractivity contribution is 5.93. The van der Waals surface area contributed by atoms with E-state index in [0.717, 1.165) is 24.8 Å². The van der Waals surface area contributed by atoms with Gasteiger partial charge in [-0.1, -0.05) is 62.9 Å². The number of hydrogen-bond donors (Lipinski definition) is 2. The standard InChI is InChI=1S/C17H24N2O2/c1-2-3-4-5-9-12-16(20)18-19-17(21)14-13-15-10-7-6-8-11-15/h6-8,10-11,13-14H,2-5,9,12H2,1H3,(H,18,20)(H,19,21). The Morgan fingerprint density at radius 3 is 2.43 bits per heavy atom. The smallest absolute Gasteiger partial charge is 0.262 e. The molecule has 4 nitrogen and oxygen atoms in total. The van der Waals surface area contributed by atoms with Crippen LogP contribution in [0.5, 0.6) is 0 Å². The van der Waals surface area contributed by atoms with Crippen LogP contribution in [0.1, 0.15) is 51.0 Å². The van der Waals surface area contributed by atoms with Crippen molar-refractivity contribution in [2.24, 2.45) is 0 Å². The van der Waals surface area contributed by atoms with Gasteiger partial charge in [-0.2, -0.15) is 0 Å². The fourth-order valence-electron chi connectivity index (χ4n) is 1.86. The van der Waals surface area contributed by atoms with E-state index in [2.05, 4.69) is 17.8 Å². The maximum absolute atomic E-state index is 11.5. The number of carbonyl (C=O) groups is 2. The molecule has 4 heteroatoms. The molecule has 0 radical (unpaired) electrons. The van der Waals surface area contributed by atoms with Crippen LogP contribution in [0.4, 0.5) is 0 Å². The van der Waals surface area contributed by atoms with Gasteiger partial charge in [0.15, 0.2) is 0 Å². The topological polar surface area (TPSA) is 58.2 Å². The zero-order chi connectivity index (χ0) is 15.3. The van der Waals surface area contributed by atoms with Crippen LogP contribution in [0.2, 0.25) is 0 Å². The van der Waals surface area contributed by atoms with Crippen molar-refractivity contribution in [3.05, 3.63) is 42.0 Å². The molecule has 0 unspecified atom stereocenters. The van der Waals surface area contributed by atoms with Gasteiger partial charge >= 0.3 is 0 Å². The highest BCUT2D eigenvalue weighted by Gasteiger charge is 2.01. The van der Waals surface area contributed by atoms with E-state index in [0.29, 0.717) is 6.42 Å². The molecule has 0 aliphatic rings. The summed E-state index contributed by atoms with van der Waals surface area (Å²) in [5.41, 5.74) is 5.74. The van der Waals surface area contributed by atoms with Crippen LogP contribution >= 0.6 is 0 Å². The van der Waals surface area contributed by atoms with Gasteiger partial charge < -0.3 is 0 Å². The Morgan fingerprint density at radius 2 is 1.71 bits per heavy atom. The Bertz CT molecular complexity index is 455. The van der Waals surface area contributed by atoms with Crippen molar-refractivity contribution in [2.45, 2.75) is 45.4 Å². The lowest BCUT2D eigenvalue weighted by Gasteiger charge is -2.05. The molecule has 0 saturated carbocycles. The fourth-order valence-corrected chi connectivity index (χ4v) is 1.86. The second kappa shape index (κ2) is 10.7. The van der Waals surface area contributed by atoms with Crippen molar-refractivity contribution in [1.82, 2.24) is 10.9 Å². The lowest BCUT2D eigenvalue weighted by Crippen LogP contribution is -2.40. The quantitative estimate of drug-likeness (QED) is 0.438. The first-order valence-corrected chi connectivity index (χ1v) is 7.54. The Hall–Kier alpha value is -2.10. The minimum Gasteiger partial charge on any atom is -0.273 e. The second-order valence-corrected chi connectivity index (χ2v) is 4.95. The normalized spacial score (nSPS) is 10.5. The van der Waals surface area contributed by atoms with Crippen LogP contribution < -0.4 is 10.9 Å². The highest BCUT2D eigenvalue weighted by Crippen LogP contribution is 2.04. The summed E-state index contributed by atoms with van der Waals surface area (Å²) in [6, 6.07) is 9.52. The van der Waals surface area contributed by atoms with Crippen LogP contribution in [0.15, 0.2) is 36.4 Å². The molecule has 1 rings (SSSR count). The molecule has 0 saturated heterocycles. The Balaban J connectivity index is 2.15. The molecule has 2 amide bonds. The average Bonchev–Trinajstić information content (AvgIpc) is 2.51. The van der Waals surface area contributed by atoms with E-state index in [-0.39, 0.29) is 11.8 Å². The first-order valence-electron chi connectivity index (χ1n) is 7.54. The zero-order valence-corrected chi connectivity index (χ0v) is 12.6. The molecule has 0 bridgehead atoms. The van der Waals surface area contributed by atoms with E-state index < -0.39 is 0 Å². The maximum Gasteiger partial charge on any atom is 0.262 e. The van der Waals surface area contributed by atoms with Gasteiger partial charge in [-0.3, -0.25) is 20.4 Å². The molecular formula is C17H24N2O2. The van der Waals surface area contributed by atoms with E-state index in [9.17, 15) is 9.59 Å². The van der Waals surface area contributed by atoms with E-state index in [1.807, 2.05) is 30.3 Å². The van der Waals surface area contributed by atoms with Gasteiger partial charge in [0, 0.05) is 12.5 Å². The summed E-state index contributed by atoms with van der Waals surface area (Å²) in [5, 5.41) is 0. The molecule has 1 aromatic carbocycles. The predicted molar refractivity (Wildman–Crippen MR) is 85.1 cm³/mol. The monoisotopic (exact) mass is 288 g/mol. The van der Waals surface area contributed by atoms with Gasteiger partial charge in [0.1, 0.15) is 0 Å². The highest BCUT2D eigenvalue weighted by atomic mass is 16.2. The molecular weight excluding hydrogens is 264 g/mol. The Labute approximate surface area is 126 Å². The van der Waals surface area contributed by atoms with Crippen molar-refractivity contribution in [2.75, 3.05) is 0 Å². The molecule has 0 heterocycles. The summed E-state index contributed by atoms with van der Waals surface area (Å²) in [4.78, 5) is 23.0. The first-order chi connectivity index (χ1) is 10.2. The number of carbonyl (C=O) groups excluding carboxylic acids is 2. The molecule has 2 N–H and O–H groups in total. The molecule has 1 aromatic rings. The molecule has 0 aromatic heterocycles. The molecule has 0 fully saturated rings. The first kappa shape index (κ1) is 17.0. The zero-order valence-electron chi connectivity index (χ0n) is 12.6. The molecule has 0 atom stereocenters. The molecule has 0 spiro atoms. The van der Waals surface area contributed by atoms with E-state index in [1.165, 1.54) is 18.9 Å². The van der Waals surface area contributed by atoms with Gasteiger partial charge in [0.2, 0.25) is 5.91 Å².